The summed E-state index contributed by atoms with van der Waals surface area (Å²) >= 11 is 5.50. The summed E-state index contributed by atoms with van der Waals surface area (Å²) in [6.07, 6.45) is 3.07. The van der Waals surface area contributed by atoms with Crippen molar-refractivity contribution in [1.29, 1.82) is 0 Å². The highest BCUT2D eigenvalue weighted by molar-refractivity contribution is 7.89. The molecule has 0 aliphatic heterocycles. The number of sulfonamides is 1. The lowest BCUT2D eigenvalue weighted by Gasteiger charge is -2.03. The molecule has 1 aliphatic carbocycles. The molecule has 1 saturated carbocycles. The van der Waals surface area contributed by atoms with E-state index in [0.717, 1.165) is 18.9 Å². The predicted octanol–water partition coefficient (Wildman–Crippen LogP) is 1.55. The minimum atomic E-state index is -3.78. The number of carboxylic acid groups (broad SMARTS) is 1. The SMILES string of the molecule is C=C(Cl)CNS(=O)(=O)c1cc(C(=O)O)n(C2CC2)c1. The van der Waals surface area contributed by atoms with Crippen molar-refractivity contribution in [2.45, 2.75) is 23.8 Å². The maximum absolute atomic E-state index is 12.0. The van der Waals surface area contributed by atoms with Crippen LogP contribution in [-0.4, -0.2) is 30.6 Å². The van der Waals surface area contributed by atoms with E-state index in [2.05, 4.69) is 11.3 Å². The second-order valence-corrected chi connectivity index (χ2v) is 6.65. The second-order valence-electron chi connectivity index (χ2n) is 4.35. The van der Waals surface area contributed by atoms with Crippen LogP contribution in [0, 0.1) is 0 Å². The summed E-state index contributed by atoms with van der Waals surface area (Å²) in [6, 6.07) is 1.23. The van der Waals surface area contributed by atoms with Crippen LogP contribution in [0.5, 0.6) is 0 Å². The van der Waals surface area contributed by atoms with Gasteiger partial charge < -0.3 is 9.67 Å². The van der Waals surface area contributed by atoms with Gasteiger partial charge in [-0.25, -0.2) is 17.9 Å². The van der Waals surface area contributed by atoms with Crippen LogP contribution >= 0.6 is 11.6 Å². The second kappa shape index (κ2) is 4.99. The molecule has 0 radical (unpaired) electrons. The maximum atomic E-state index is 12.0. The first kappa shape index (κ1) is 14.1. The van der Waals surface area contributed by atoms with E-state index in [1.54, 1.807) is 0 Å². The normalized spacial score (nSPS) is 15.4. The van der Waals surface area contributed by atoms with Crippen molar-refractivity contribution in [3.8, 4) is 0 Å². The number of rotatable bonds is 6. The van der Waals surface area contributed by atoms with E-state index in [1.165, 1.54) is 10.8 Å². The zero-order valence-electron chi connectivity index (χ0n) is 9.97. The molecule has 0 amide bonds. The van der Waals surface area contributed by atoms with E-state index < -0.39 is 16.0 Å². The fourth-order valence-electron chi connectivity index (χ4n) is 1.68. The molecule has 0 unspecified atom stereocenters. The van der Waals surface area contributed by atoms with Crippen LogP contribution in [0.2, 0.25) is 0 Å². The lowest BCUT2D eigenvalue weighted by Crippen LogP contribution is -2.24. The molecule has 0 atom stereocenters. The van der Waals surface area contributed by atoms with Gasteiger partial charge in [-0.1, -0.05) is 18.2 Å². The summed E-state index contributed by atoms with van der Waals surface area (Å²) in [7, 11) is -3.78. The fraction of sp³-hybridized carbons (Fsp3) is 0.364. The number of hydrogen-bond donors (Lipinski definition) is 2. The number of hydrogen-bond acceptors (Lipinski definition) is 3. The molecule has 0 spiro atoms. The summed E-state index contributed by atoms with van der Waals surface area (Å²) in [5.41, 5.74) is -0.0208. The molecular weight excluding hydrogens is 292 g/mol. The molecule has 1 fully saturated rings. The summed E-state index contributed by atoms with van der Waals surface area (Å²) in [5, 5.41) is 9.22. The monoisotopic (exact) mass is 304 g/mol. The first-order valence-corrected chi connectivity index (χ1v) is 7.45. The number of nitrogens with zero attached hydrogens (tertiary/aromatic N) is 1. The quantitative estimate of drug-likeness (QED) is 0.834. The van der Waals surface area contributed by atoms with Gasteiger partial charge in [-0.15, -0.1) is 0 Å². The summed E-state index contributed by atoms with van der Waals surface area (Å²) in [6.45, 7) is 3.28. The van der Waals surface area contributed by atoms with Crippen LogP contribution in [0.25, 0.3) is 0 Å². The van der Waals surface area contributed by atoms with Crippen LogP contribution in [0.15, 0.2) is 28.8 Å². The first-order chi connectivity index (χ1) is 8.81. The summed E-state index contributed by atoms with van der Waals surface area (Å²) in [5.74, 6) is -1.14. The van der Waals surface area contributed by atoms with E-state index in [0.29, 0.717) is 0 Å². The molecule has 6 nitrogen and oxygen atoms in total. The molecule has 104 valence electrons. The Morgan fingerprint density at radius 3 is 2.68 bits per heavy atom. The minimum absolute atomic E-state index is 0.0208. The molecule has 1 heterocycles. The molecule has 2 N–H and O–H groups in total. The number of aromatic carboxylic acids is 1. The molecule has 2 rings (SSSR count). The Bertz CT molecular complexity index is 631. The van der Waals surface area contributed by atoms with E-state index >= 15 is 0 Å². The Morgan fingerprint density at radius 1 is 1.58 bits per heavy atom. The van der Waals surface area contributed by atoms with Gasteiger partial charge in [0.25, 0.3) is 0 Å². The topological polar surface area (TPSA) is 88.4 Å². The summed E-state index contributed by atoms with van der Waals surface area (Å²) in [4.78, 5) is 11.0. The Balaban J connectivity index is 2.32. The number of halogens is 1. The molecule has 1 aromatic heterocycles. The molecule has 1 aliphatic rings. The third-order valence-corrected chi connectivity index (χ3v) is 4.25. The van der Waals surface area contributed by atoms with Crippen LogP contribution in [0.4, 0.5) is 0 Å². The fourth-order valence-corrected chi connectivity index (χ4v) is 2.88. The van der Waals surface area contributed by atoms with Crippen LogP contribution in [0.3, 0.4) is 0 Å². The minimum Gasteiger partial charge on any atom is -0.477 e. The van der Waals surface area contributed by atoms with Crippen LogP contribution in [0.1, 0.15) is 29.4 Å². The van der Waals surface area contributed by atoms with E-state index in [1.807, 2.05) is 0 Å². The van der Waals surface area contributed by atoms with Gasteiger partial charge in [0, 0.05) is 23.8 Å². The Labute approximate surface area is 115 Å². The molecule has 0 saturated heterocycles. The number of nitrogens with one attached hydrogen (secondary N) is 1. The van der Waals surface area contributed by atoms with Crippen LogP contribution in [-0.2, 0) is 10.0 Å². The summed E-state index contributed by atoms with van der Waals surface area (Å²) < 4.78 is 27.6. The van der Waals surface area contributed by atoms with Gasteiger partial charge in [-0.2, -0.15) is 0 Å². The van der Waals surface area contributed by atoms with Crippen molar-refractivity contribution >= 4 is 27.6 Å². The Kier molecular flexibility index (Phi) is 3.71. The van der Waals surface area contributed by atoms with Crippen molar-refractivity contribution in [2.24, 2.45) is 0 Å². The van der Waals surface area contributed by atoms with Gasteiger partial charge in [0.2, 0.25) is 10.0 Å². The maximum Gasteiger partial charge on any atom is 0.352 e. The van der Waals surface area contributed by atoms with Gasteiger partial charge in [-0.3, -0.25) is 0 Å². The van der Waals surface area contributed by atoms with Crippen molar-refractivity contribution in [1.82, 2.24) is 9.29 Å². The Morgan fingerprint density at radius 2 is 2.21 bits per heavy atom. The third-order valence-electron chi connectivity index (χ3n) is 2.75. The third kappa shape index (κ3) is 3.17. The number of carboxylic acids is 1. The van der Waals surface area contributed by atoms with Gasteiger partial charge in [0.05, 0.1) is 0 Å². The molecule has 19 heavy (non-hydrogen) atoms. The van der Waals surface area contributed by atoms with Gasteiger partial charge in [0.15, 0.2) is 0 Å². The first-order valence-electron chi connectivity index (χ1n) is 5.59. The average Bonchev–Trinajstić information content (AvgIpc) is 3.04. The number of aromatic nitrogens is 1. The van der Waals surface area contributed by atoms with Crippen molar-refractivity contribution in [2.75, 3.05) is 6.54 Å². The van der Waals surface area contributed by atoms with Crippen molar-refractivity contribution in [3.05, 3.63) is 29.6 Å². The average molecular weight is 305 g/mol. The van der Waals surface area contributed by atoms with Crippen molar-refractivity contribution < 1.29 is 18.3 Å². The highest BCUT2D eigenvalue weighted by Crippen LogP contribution is 2.37. The van der Waals surface area contributed by atoms with Gasteiger partial charge >= 0.3 is 5.97 Å². The Hall–Kier alpha value is -1.31. The predicted molar refractivity (Wildman–Crippen MR) is 69.8 cm³/mol. The molecule has 8 heteroatoms. The molecule has 0 bridgehead atoms. The molecular formula is C11H13ClN2O4S. The van der Waals surface area contributed by atoms with Crippen molar-refractivity contribution in [3.63, 3.8) is 0 Å². The number of carbonyl (C=O) groups is 1. The van der Waals surface area contributed by atoms with E-state index in [-0.39, 0.29) is 28.2 Å². The van der Waals surface area contributed by atoms with Gasteiger partial charge in [0.1, 0.15) is 10.6 Å². The van der Waals surface area contributed by atoms with Gasteiger partial charge in [-0.05, 0) is 18.9 Å². The highest BCUT2D eigenvalue weighted by Gasteiger charge is 2.30. The lowest BCUT2D eigenvalue weighted by atomic mass is 10.4. The lowest BCUT2D eigenvalue weighted by molar-refractivity contribution is 0.0685. The molecule has 0 aromatic carbocycles. The highest BCUT2D eigenvalue weighted by atomic mass is 35.5. The standard InChI is InChI=1S/C11H13ClN2O4S/c1-7(12)5-13-19(17,18)9-4-10(11(15)16)14(6-9)8-2-3-8/h4,6,8,13H,1-3,5H2,(H,15,16). The van der Waals surface area contributed by atoms with E-state index in [9.17, 15) is 13.2 Å². The largest absolute Gasteiger partial charge is 0.477 e. The van der Waals surface area contributed by atoms with E-state index in [4.69, 9.17) is 16.7 Å². The smallest absolute Gasteiger partial charge is 0.352 e. The van der Waals surface area contributed by atoms with Crippen LogP contribution < -0.4 is 4.72 Å². The zero-order chi connectivity index (χ0) is 14.2. The molecule has 1 aromatic rings. The zero-order valence-corrected chi connectivity index (χ0v) is 11.5.